The van der Waals surface area contributed by atoms with Crippen LogP contribution < -0.4 is 4.74 Å². The zero-order valence-corrected chi connectivity index (χ0v) is 19.7. The van der Waals surface area contributed by atoms with E-state index in [1.165, 1.54) is 5.56 Å². The van der Waals surface area contributed by atoms with Gasteiger partial charge in [0, 0.05) is 44.8 Å². The van der Waals surface area contributed by atoms with E-state index in [9.17, 15) is 0 Å². The quantitative estimate of drug-likeness (QED) is 0.572. The van der Waals surface area contributed by atoms with Crippen molar-refractivity contribution < 1.29 is 18.7 Å². The molecule has 0 aliphatic carbocycles. The monoisotopic (exact) mass is 443 g/mol. The number of aromatic nitrogens is 2. The lowest BCUT2D eigenvalue weighted by atomic mass is 9.75. The number of likely N-dealkylation sites (tertiary alicyclic amines) is 1. The van der Waals surface area contributed by atoms with Crippen LogP contribution in [0.5, 0.6) is 5.75 Å². The van der Waals surface area contributed by atoms with Gasteiger partial charge in [-0.1, -0.05) is 17.3 Å². The molecule has 0 spiro atoms. The van der Waals surface area contributed by atoms with Crippen molar-refractivity contribution in [3.63, 3.8) is 0 Å². The Balaban J connectivity index is 1.39. The van der Waals surface area contributed by atoms with Crippen molar-refractivity contribution in [3.8, 4) is 5.75 Å². The summed E-state index contributed by atoms with van der Waals surface area (Å²) >= 11 is 0. The van der Waals surface area contributed by atoms with Crippen molar-refractivity contribution in [2.75, 3.05) is 40.0 Å². The summed E-state index contributed by atoms with van der Waals surface area (Å²) in [6.45, 7) is 9.32. The van der Waals surface area contributed by atoms with Crippen LogP contribution in [-0.4, -0.2) is 61.2 Å². The van der Waals surface area contributed by atoms with Crippen LogP contribution in [0.2, 0.25) is 0 Å². The molecule has 2 aliphatic rings. The number of piperidine rings is 1. The predicted octanol–water partition coefficient (Wildman–Crippen LogP) is 4.32. The molecule has 2 fully saturated rings. The summed E-state index contributed by atoms with van der Waals surface area (Å²) in [6.07, 6.45) is 5.06. The highest BCUT2D eigenvalue weighted by Crippen LogP contribution is 2.38. The highest BCUT2D eigenvalue weighted by atomic mass is 16.5. The number of nitrogens with zero attached hydrogens (tertiary/aromatic N) is 3. The summed E-state index contributed by atoms with van der Waals surface area (Å²) in [5.41, 5.74) is 1.24. The molecule has 0 radical (unpaired) electrons. The first-order valence-electron chi connectivity index (χ1n) is 12.0. The first-order chi connectivity index (χ1) is 15.6. The minimum Gasteiger partial charge on any atom is -0.491 e. The van der Waals surface area contributed by atoms with Crippen molar-refractivity contribution >= 4 is 0 Å². The molecule has 0 atom stereocenters. The third kappa shape index (κ3) is 5.69. The zero-order valence-electron chi connectivity index (χ0n) is 19.7. The molecule has 7 heteroatoms. The van der Waals surface area contributed by atoms with Crippen LogP contribution in [0.3, 0.4) is 0 Å². The predicted molar refractivity (Wildman–Crippen MR) is 122 cm³/mol. The fourth-order valence-electron chi connectivity index (χ4n) is 4.79. The van der Waals surface area contributed by atoms with Crippen molar-refractivity contribution in [1.82, 2.24) is 15.0 Å². The van der Waals surface area contributed by atoms with Gasteiger partial charge in [-0.3, -0.25) is 4.90 Å². The second kappa shape index (κ2) is 10.8. The van der Waals surface area contributed by atoms with E-state index in [-0.39, 0.29) is 11.5 Å². The minimum atomic E-state index is -0.0750. The maximum Gasteiger partial charge on any atom is 0.229 e. The lowest BCUT2D eigenvalue weighted by molar-refractivity contribution is 0.0778. The smallest absolute Gasteiger partial charge is 0.229 e. The van der Waals surface area contributed by atoms with Crippen molar-refractivity contribution in [1.29, 1.82) is 0 Å². The largest absolute Gasteiger partial charge is 0.491 e. The maximum atomic E-state index is 5.76. The normalized spacial score (nSPS) is 20.0. The van der Waals surface area contributed by atoms with E-state index in [1.54, 1.807) is 7.11 Å². The Morgan fingerprint density at radius 1 is 1.12 bits per heavy atom. The van der Waals surface area contributed by atoms with Crippen LogP contribution in [-0.2, 0) is 21.4 Å². The molecule has 0 N–H and O–H groups in total. The number of hydrogen-bond donors (Lipinski definition) is 0. The molecule has 2 aromatic rings. The van der Waals surface area contributed by atoms with Gasteiger partial charge in [-0.05, 0) is 76.7 Å². The molecular formula is C25H37N3O4. The van der Waals surface area contributed by atoms with Gasteiger partial charge in [-0.15, -0.1) is 0 Å². The van der Waals surface area contributed by atoms with Gasteiger partial charge < -0.3 is 18.7 Å². The van der Waals surface area contributed by atoms with E-state index in [0.717, 1.165) is 82.4 Å². The molecule has 7 nitrogen and oxygen atoms in total. The molecule has 1 aromatic heterocycles. The molecule has 1 aromatic carbocycles. The van der Waals surface area contributed by atoms with E-state index in [0.29, 0.717) is 12.5 Å². The van der Waals surface area contributed by atoms with Gasteiger partial charge in [0.2, 0.25) is 5.89 Å². The van der Waals surface area contributed by atoms with E-state index < -0.39 is 0 Å². The van der Waals surface area contributed by atoms with Crippen LogP contribution in [0.15, 0.2) is 28.8 Å². The highest BCUT2D eigenvalue weighted by Gasteiger charge is 2.40. The number of benzene rings is 1. The third-order valence-electron chi connectivity index (χ3n) is 6.79. The van der Waals surface area contributed by atoms with E-state index in [2.05, 4.69) is 34.3 Å². The van der Waals surface area contributed by atoms with Crippen molar-refractivity contribution in [3.05, 3.63) is 41.5 Å². The molecule has 176 valence electrons. The van der Waals surface area contributed by atoms with Gasteiger partial charge in [0.05, 0.1) is 6.10 Å². The van der Waals surface area contributed by atoms with E-state index in [4.69, 9.17) is 23.7 Å². The lowest BCUT2D eigenvalue weighted by Gasteiger charge is -2.40. The molecule has 2 aliphatic heterocycles. The van der Waals surface area contributed by atoms with Crippen molar-refractivity contribution in [2.45, 2.75) is 69.9 Å². The number of ether oxygens (including phenoxy) is 3. The lowest BCUT2D eigenvalue weighted by Crippen LogP contribution is -2.43. The van der Waals surface area contributed by atoms with Gasteiger partial charge in [0.25, 0.3) is 0 Å². The SMILES string of the molecule is COCCC1(c2noc(C3CCOCC3)n2)CCN(Cc2ccc(OC(C)C)cc2)CC1. The highest BCUT2D eigenvalue weighted by molar-refractivity contribution is 5.27. The Morgan fingerprint density at radius 2 is 1.84 bits per heavy atom. The topological polar surface area (TPSA) is 69.9 Å². The van der Waals surface area contributed by atoms with E-state index in [1.807, 2.05) is 13.8 Å². The maximum absolute atomic E-state index is 5.76. The summed E-state index contributed by atoms with van der Waals surface area (Å²) in [5, 5.41) is 4.47. The molecule has 0 unspecified atom stereocenters. The average molecular weight is 444 g/mol. The molecule has 4 rings (SSSR count). The average Bonchev–Trinajstić information content (AvgIpc) is 3.31. The van der Waals surface area contributed by atoms with Crippen LogP contribution >= 0.6 is 0 Å². The summed E-state index contributed by atoms with van der Waals surface area (Å²) in [4.78, 5) is 7.42. The standard InChI is InChI=1S/C25H37N3O4/c1-19(2)31-22-6-4-20(5-7-22)18-28-13-10-25(11-14-28,12-17-29-3)24-26-23(32-27-24)21-8-15-30-16-9-21/h4-7,19,21H,8-18H2,1-3H3. The van der Waals surface area contributed by atoms with Gasteiger partial charge >= 0.3 is 0 Å². The molecule has 2 saturated heterocycles. The molecule has 0 saturated carbocycles. The minimum absolute atomic E-state index is 0.0750. The third-order valence-corrected chi connectivity index (χ3v) is 6.79. The van der Waals surface area contributed by atoms with Gasteiger partial charge in [0.15, 0.2) is 5.82 Å². The first kappa shape index (κ1) is 23.2. The Labute approximate surface area is 191 Å². The summed E-state index contributed by atoms with van der Waals surface area (Å²) < 4.78 is 22.4. The molecule has 32 heavy (non-hydrogen) atoms. The Morgan fingerprint density at radius 3 is 2.50 bits per heavy atom. The fourth-order valence-corrected chi connectivity index (χ4v) is 4.79. The van der Waals surface area contributed by atoms with Gasteiger partial charge in [-0.25, -0.2) is 0 Å². The number of methoxy groups -OCH3 is 1. The first-order valence-corrected chi connectivity index (χ1v) is 12.0. The number of hydrogen-bond acceptors (Lipinski definition) is 7. The van der Waals surface area contributed by atoms with Crippen LogP contribution in [0.25, 0.3) is 0 Å². The van der Waals surface area contributed by atoms with Crippen LogP contribution in [0, 0.1) is 0 Å². The summed E-state index contributed by atoms with van der Waals surface area (Å²) in [5.74, 6) is 2.91. The van der Waals surface area contributed by atoms with E-state index >= 15 is 0 Å². The van der Waals surface area contributed by atoms with Gasteiger partial charge in [-0.2, -0.15) is 4.98 Å². The van der Waals surface area contributed by atoms with Crippen LogP contribution in [0.4, 0.5) is 0 Å². The Hall–Kier alpha value is -1.96. The molecular weight excluding hydrogens is 406 g/mol. The Kier molecular flexibility index (Phi) is 7.81. The molecule has 0 bridgehead atoms. The zero-order chi connectivity index (χ0) is 22.4. The second-order valence-corrected chi connectivity index (χ2v) is 9.45. The fraction of sp³-hybridized carbons (Fsp3) is 0.680. The second-order valence-electron chi connectivity index (χ2n) is 9.45. The number of rotatable bonds is 9. The molecule has 3 heterocycles. The van der Waals surface area contributed by atoms with Gasteiger partial charge in [0.1, 0.15) is 5.75 Å². The summed E-state index contributed by atoms with van der Waals surface area (Å²) in [6, 6.07) is 8.48. The Bertz CT molecular complexity index is 822. The van der Waals surface area contributed by atoms with Crippen molar-refractivity contribution in [2.24, 2.45) is 0 Å². The molecule has 0 amide bonds. The van der Waals surface area contributed by atoms with Crippen LogP contribution in [0.1, 0.15) is 69.1 Å². The summed E-state index contributed by atoms with van der Waals surface area (Å²) in [7, 11) is 1.76.